The molecule has 23 heavy (non-hydrogen) atoms. The van der Waals surface area contributed by atoms with Crippen molar-refractivity contribution in [2.24, 2.45) is 0 Å². The second-order valence-electron chi connectivity index (χ2n) is 6.38. The van der Waals surface area contributed by atoms with Gasteiger partial charge in [-0.3, -0.25) is 0 Å². The summed E-state index contributed by atoms with van der Waals surface area (Å²) in [5, 5.41) is 14.0. The summed E-state index contributed by atoms with van der Waals surface area (Å²) >= 11 is 3.48. The van der Waals surface area contributed by atoms with E-state index in [1.165, 1.54) is 0 Å². The Morgan fingerprint density at radius 2 is 2.13 bits per heavy atom. The van der Waals surface area contributed by atoms with E-state index in [0.717, 1.165) is 42.4 Å². The molecule has 0 aromatic heterocycles. The number of hydrogen-bond acceptors (Lipinski definition) is 4. The van der Waals surface area contributed by atoms with Gasteiger partial charge < -0.3 is 20.1 Å². The van der Waals surface area contributed by atoms with Crippen LogP contribution in [-0.4, -0.2) is 54.5 Å². The lowest BCUT2D eigenvalue weighted by Gasteiger charge is -2.43. The molecule has 1 aromatic carbocycles. The number of piperazine rings is 1. The van der Waals surface area contributed by atoms with Gasteiger partial charge in [0.1, 0.15) is 6.61 Å². The summed E-state index contributed by atoms with van der Waals surface area (Å²) < 4.78 is 6.51. The topological polar surface area (TPSA) is 61.8 Å². The van der Waals surface area contributed by atoms with Crippen molar-refractivity contribution in [2.75, 3.05) is 32.8 Å². The minimum Gasteiger partial charge on any atom is -0.449 e. The van der Waals surface area contributed by atoms with Crippen LogP contribution in [0.15, 0.2) is 28.7 Å². The molecule has 1 heterocycles. The van der Waals surface area contributed by atoms with Crippen LogP contribution in [0.4, 0.5) is 4.79 Å². The maximum atomic E-state index is 12.2. The van der Waals surface area contributed by atoms with Crippen LogP contribution in [0.3, 0.4) is 0 Å². The first-order valence-electron chi connectivity index (χ1n) is 8.19. The number of carbonyl (C=O) groups is 1. The molecule has 1 aliphatic carbocycles. The molecule has 0 spiro atoms. The lowest BCUT2D eigenvalue weighted by atomic mass is 9.69. The number of nitrogens with zero attached hydrogens (tertiary/aromatic N) is 1. The van der Waals surface area contributed by atoms with Gasteiger partial charge in [0, 0.05) is 36.6 Å². The fourth-order valence-corrected chi connectivity index (χ4v) is 3.68. The maximum absolute atomic E-state index is 12.2. The summed E-state index contributed by atoms with van der Waals surface area (Å²) in [4.78, 5) is 13.9. The molecule has 126 valence electrons. The van der Waals surface area contributed by atoms with Gasteiger partial charge in [0.2, 0.25) is 0 Å². The zero-order valence-corrected chi connectivity index (χ0v) is 14.7. The summed E-state index contributed by atoms with van der Waals surface area (Å²) in [6.45, 7) is 3.16. The number of nitrogens with one attached hydrogen (secondary N) is 1. The van der Waals surface area contributed by atoms with Gasteiger partial charge in [0.05, 0.1) is 5.60 Å². The van der Waals surface area contributed by atoms with Gasteiger partial charge in [-0.15, -0.1) is 0 Å². The smallest absolute Gasteiger partial charge is 0.409 e. The second kappa shape index (κ2) is 7.20. The Morgan fingerprint density at radius 1 is 1.39 bits per heavy atom. The van der Waals surface area contributed by atoms with Crippen molar-refractivity contribution in [1.29, 1.82) is 0 Å². The number of aliphatic hydroxyl groups is 1. The highest BCUT2D eigenvalue weighted by molar-refractivity contribution is 9.10. The molecule has 1 amide bonds. The molecule has 5 nitrogen and oxygen atoms in total. The quantitative estimate of drug-likeness (QED) is 0.839. The van der Waals surface area contributed by atoms with Gasteiger partial charge >= 0.3 is 6.09 Å². The van der Waals surface area contributed by atoms with Gasteiger partial charge in [-0.05, 0) is 37.0 Å². The largest absolute Gasteiger partial charge is 0.449 e. The van der Waals surface area contributed by atoms with Crippen LogP contribution in [0, 0.1) is 0 Å². The molecule has 2 fully saturated rings. The first-order chi connectivity index (χ1) is 11.1. The maximum Gasteiger partial charge on any atom is 0.409 e. The van der Waals surface area contributed by atoms with Crippen LogP contribution in [0.25, 0.3) is 0 Å². The number of carbonyl (C=O) groups excluding carboxylic acids is 1. The highest BCUT2D eigenvalue weighted by atomic mass is 79.9. The minimum atomic E-state index is -0.759. The van der Waals surface area contributed by atoms with Crippen LogP contribution in [0.1, 0.15) is 30.7 Å². The molecule has 2 N–H and O–H groups in total. The Kier molecular flexibility index (Phi) is 5.24. The van der Waals surface area contributed by atoms with E-state index in [0.29, 0.717) is 13.1 Å². The highest BCUT2D eigenvalue weighted by Gasteiger charge is 2.43. The predicted molar refractivity (Wildman–Crippen MR) is 91.5 cm³/mol. The van der Waals surface area contributed by atoms with Gasteiger partial charge in [0.15, 0.2) is 0 Å². The molecular formula is C17H23BrN2O3. The van der Waals surface area contributed by atoms with E-state index in [-0.39, 0.29) is 18.6 Å². The zero-order chi connectivity index (χ0) is 16.3. The third kappa shape index (κ3) is 3.87. The van der Waals surface area contributed by atoms with E-state index >= 15 is 0 Å². The van der Waals surface area contributed by atoms with Crippen molar-refractivity contribution < 1.29 is 14.6 Å². The van der Waals surface area contributed by atoms with E-state index in [2.05, 4.69) is 21.2 Å². The van der Waals surface area contributed by atoms with Crippen LogP contribution in [0.2, 0.25) is 0 Å². The van der Waals surface area contributed by atoms with E-state index in [9.17, 15) is 9.90 Å². The third-order valence-electron chi connectivity index (χ3n) is 4.87. The molecule has 1 aliphatic heterocycles. The highest BCUT2D eigenvalue weighted by Crippen LogP contribution is 2.44. The Balaban J connectivity index is 1.68. The van der Waals surface area contributed by atoms with E-state index in [1.54, 1.807) is 4.90 Å². The van der Waals surface area contributed by atoms with Crippen molar-refractivity contribution in [1.82, 2.24) is 10.2 Å². The number of hydrogen-bond donors (Lipinski definition) is 2. The average molecular weight is 383 g/mol. The van der Waals surface area contributed by atoms with Gasteiger partial charge in [-0.2, -0.15) is 0 Å². The van der Waals surface area contributed by atoms with Crippen LogP contribution < -0.4 is 5.32 Å². The lowest BCUT2D eigenvalue weighted by molar-refractivity contribution is -0.0723. The summed E-state index contributed by atoms with van der Waals surface area (Å²) in [5.41, 5.74) is 0.250. The normalized spacial score (nSPS) is 21.4. The Bertz CT molecular complexity index is 557. The van der Waals surface area contributed by atoms with Crippen molar-refractivity contribution in [3.63, 3.8) is 0 Å². The minimum absolute atomic E-state index is 0.180. The summed E-state index contributed by atoms with van der Waals surface area (Å²) in [6, 6.07) is 7.90. The monoisotopic (exact) mass is 382 g/mol. The number of halogens is 1. The van der Waals surface area contributed by atoms with Crippen LogP contribution in [-0.2, 0) is 4.74 Å². The van der Waals surface area contributed by atoms with Crippen LogP contribution in [0.5, 0.6) is 0 Å². The molecule has 1 aromatic rings. The number of ether oxygens (including phenoxy) is 1. The van der Waals surface area contributed by atoms with Gasteiger partial charge in [-0.25, -0.2) is 4.79 Å². The number of amides is 1. The summed E-state index contributed by atoms with van der Waals surface area (Å²) in [5.74, 6) is -0.180. The molecule has 0 bridgehead atoms. The van der Waals surface area contributed by atoms with Crippen molar-refractivity contribution in [2.45, 2.75) is 30.8 Å². The fraction of sp³-hybridized carbons (Fsp3) is 0.588. The van der Waals surface area contributed by atoms with Crippen molar-refractivity contribution >= 4 is 22.0 Å². The lowest BCUT2D eigenvalue weighted by Crippen LogP contribution is -2.48. The molecule has 2 aliphatic rings. The predicted octanol–water partition coefficient (Wildman–Crippen LogP) is 2.49. The molecule has 0 radical (unpaired) electrons. The summed E-state index contributed by atoms with van der Waals surface area (Å²) in [6.07, 6.45) is 2.26. The molecule has 1 unspecified atom stereocenters. The fourth-order valence-electron chi connectivity index (χ4n) is 3.27. The van der Waals surface area contributed by atoms with Gasteiger partial charge in [0.25, 0.3) is 0 Å². The van der Waals surface area contributed by atoms with Gasteiger partial charge in [-0.1, -0.05) is 28.1 Å². The summed E-state index contributed by atoms with van der Waals surface area (Å²) in [7, 11) is 0. The molecule has 1 saturated carbocycles. The number of benzene rings is 1. The van der Waals surface area contributed by atoms with E-state index in [4.69, 9.17) is 4.74 Å². The molecule has 1 saturated heterocycles. The molecule has 1 atom stereocenters. The number of rotatable bonds is 4. The van der Waals surface area contributed by atoms with E-state index in [1.807, 2.05) is 24.3 Å². The SMILES string of the molecule is O=C(OCC(c1cccc(Br)c1)C1(O)CCC1)N1CCNCC1. The first kappa shape index (κ1) is 16.7. The molecule has 3 rings (SSSR count). The zero-order valence-electron chi connectivity index (χ0n) is 13.1. The Labute approximate surface area is 145 Å². The standard InChI is InChI=1S/C17H23BrN2O3/c18-14-4-1-3-13(11-14)15(17(22)5-2-6-17)12-23-16(21)20-9-7-19-8-10-20/h1,3-4,11,15,19,22H,2,5-10,12H2. The van der Waals surface area contributed by atoms with Crippen molar-refractivity contribution in [3.8, 4) is 0 Å². The second-order valence-corrected chi connectivity index (χ2v) is 7.29. The Morgan fingerprint density at radius 3 is 2.74 bits per heavy atom. The van der Waals surface area contributed by atoms with Crippen LogP contribution >= 0.6 is 15.9 Å². The first-order valence-corrected chi connectivity index (χ1v) is 8.98. The average Bonchev–Trinajstić information content (AvgIpc) is 2.54. The van der Waals surface area contributed by atoms with Crippen molar-refractivity contribution in [3.05, 3.63) is 34.3 Å². The van der Waals surface area contributed by atoms with E-state index < -0.39 is 5.60 Å². The third-order valence-corrected chi connectivity index (χ3v) is 5.36. The molecular weight excluding hydrogens is 360 g/mol. The Hall–Kier alpha value is -1.11. The molecule has 6 heteroatoms.